The van der Waals surface area contributed by atoms with E-state index in [-0.39, 0.29) is 23.6 Å². The maximum absolute atomic E-state index is 11.8. The van der Waals surface area contributed by atoms with E-state index in [1.165, 1.54) is 27.0 Å². The van der Waals surface area contributed by atoms with Gasteiger partial charge in [0.25, 0.3) is 5.56 Å². The highest BCUT2D eigenvalue weighted by atomic mass is 32.2. The van der Waals surface area contributed by atoms with Crippen LogP contribution in [0.1, 0.15) is 21.6 Å². The van der Waals surface area contributed by atoms with Crippen molar-refractivity contribution in [3.05, 3.63) is 33.2 Å². The van der Waals surface area contributed by atoms with Crippen molar-refractivity contribution in [3.63, 3.8) is 0 Å². The summed E-state index contributed by atoms with van der Waals surface area (Å²) in [6.45, 7) is 2.94. The molecule has 0 bridgehead atoms. The lowest BCUT2D eigenvalue weighted by atomic mass is 10.1. The molecule has 0 aromatic carbocycles. The minimum absolute atomic E-state index is 0.0291. The molecule has 0 atom stereocenters. The average molecular weight is 288 g/mol. The number of hydrogen-bond donors (Lipinski definition) is 2. The molecule has 0 unspecified atom stereocenters. The molecule has 106 valence electrons. The minimum atomic E-state index is -3.45. The quantitative estimate of drug-likeness (QED) is 0.774. The van der Waals surface area contributed by atoms with Gasteiger partial charge in [-0.05, 0) is 26.5 Å². The summed E-state index contributed by atoms with van der Waals surface area (Å²) >= 11 is 0. The molecule has 1 aromatic heterocycles. The van der Waals surface area contributed by atoms with Gasteiger partial charge in [0.2, 0.25) is 10.0 Å². The lowest BCUT2D eigenvalue weighted by Crippen LogP contribution is -2.31. The molecule has 1 heterocycles. The van der Waals surface area contributed by atoms with E-state index in [0.717, 1.165) is 4.57 Å². The van der Waals surface area contributed by atoms with Crippen LogP contribution in [0.5, 0.6) is 0 Å². The first-order chi connectivity index (χ1) is 8.69. The van der Waals surface area contributed by atoms with Crippen LogP contribution in [0, 0.1) is 13.8 Å². The van der Waals surface area contributed by atoms with Crippen LogP contribution in [0.3, 0.4) is 0 Å². The second-order valence-corrected chi connectivity index (χ2v) is 6.15. The Balaban J connectivity index is 3.26. The largest absolute Gasteiger partial charge is 0.478 e. The molecule has 0 radical (unpaired) electrons. The molecule has 0 aliphatic heterocycles. The number of carboxylic acids is 1. The van der Waals surface area contributed by atoms with E-state index in [1.807, 2.05) is 0 Å². The fraction of sp³-hybridized carbons (Fsp3) is 0.455. The summed E-state index contributed by atoms with van der Waals surface area (Å²) in [4.78, 5) is 22.9. The van der Waals surface area contributed by atoms with E-state index in [1.54, 1.807) is 0 Å². The van der Waals surface area contributed by atoms with E-state index >= 15 is 0 Å². The van der Waals surface area contributed by atoms with Gasteiger partial charge in [0, 0.05) is 18.3 Å². The number of rotatable bonds is 5. The number of carboxylic acid groups (broad SMARTS) is 1. The summed E-state index contributed by atoms with van der Waals surface area (Å²) in [5.41, 5.74) is 0.235. The Morgan fingerprint density at radius 1 is 1.42 bits per heavy atom. The predicted molar refractivity (Wildman–Crippen MR) is 70.0 cm³/mol. The highest BCUT2D eigenvalue weighted by molar-refractivity contribution is 7.89. The summed E-state index contributed by atoms with van der Waals surface area (Å²) < 4.78 is 26.0. The van der Waals surface area contributed by atoms with E-state index in [9.17, 15) is 18.0 Å². The van der Waals surface area contributed by atoms with Gasteiger partial charge < -0.3 is 9.67 Å². The van der Waals surface area contributed by atoms with Crippen molar-refractivity contribution in [2.24, 2.45) is 0 Å². The molecule has 0 saturated carbocycles. The third-order valence-electron chi connectivity index (χ3n) is 2.88. The second-order valence-electron chi connectivity index (χ2n) is 4.11. The Bertz CT molecular complexity index is 660. The van der Waals surface area contributed by atoms with Gasteiger partial charge in [-0.1, -0.05) is 0 Å². The Labute approximate surface area is 110 Å². The first-order valence-corrected chi connectivity index (χ1v) is 7.20. The maximum atomic E-state index is 11.8. The van der Waals surface area contributed by atoms with Gasteiger partial charge in [0.1, 0.15) is 0 Å². The van der Waals surface area contributed by atoms with E-state index in [0.29, 0.717) is 5.56 Å². The predicted octanol–water partition coefficient (Wildman–Crippen LogP) is -0.287. The number of aryl methyl sites for hydroxylation is 1. The van der Waals surface area contributed by atoms with Crippen LogP contribution < -0.4 is 10.3 Å². The molecule has 7 nitrogen and oxygen atoms in total. The zero-order valence-corrected chi connectivity index (χ0v) is 11.7. The Hall–Kier alpha value is -1.67. The molecule has 1 rings (SSSR count). The Morgan fingerprint density at radius 2 is 2.00 bits per heavy atom. The summed E-state index contributed by atoms with van der Waals surface area (Å²) in [7, 11) is -2.17. The van der Waals surface area contributed by atoms with Crippen molar-refractivity contribution in [1.82, 2.24) is 9.29 Å². The number of sulfonamides is 1. The van der Waals surface area contributed by atoms with E-state index in [4.69, 9.17) is 5.11 Å². The fourth-order valence-corrected chi connectivity index (χ4v) is 2.46. The average Bonchev–Trinajstić information content (AvgIpc) is 2.27. The van der Waals surface area contributed by atoms with Crippen molar-refractivity contribution >= 4 is 16.0 Å². The van der Waals surface area contributed by atoms with Crippen LogP contribution in [0.15, 0.2) is 10.9 Å². The highest BCUT2D eigenvalue weighted by Gasteiger charge is 2.17. The molecule has 0 aliphatic carbocycles. The number of pyridine rings is 1. The molecule has 0 fully saturated rings. The molecular weight excluding hydrogens is 272 g/mol. The van der Waals surface area contributed by atoms with Crippen LogP contribution in [-0.2, 0) is 16.6 Å². The van der Waals surface area contributed by atoms with Crippen LogP contribution >= 0.6 is 0 Å². The summed E-state index contributed by atoms with van der Waals surface area (Å²) in [6, 6.07) is 1.20. The first-order valence-electron chi connectivity index (χ1n) is 5.55. The second kappa shape index (κ2) is 5.54. The van der Waals surface area contributed by atoms with Crippen molar-refractivity contribution < 1.29 is 18.3 Å². The minimum Gasteiger partial charge on any atom is -0.478 e. The van der Waals surface area contributed by atoms with Gasteiger partial charge >= 0.3 is 5.97 Å². The summed E-state index contributed by atoms with van der Waals surface area (Å²) in [5.74, 6) is -1.42. The zero-order chi connectivity index (χ0) is 14.8. The van der Waals surface area contributed by atoms with Crippen molar-refractivity contribution in [1.29, 1.82) is 0 Å². The number of carbonyl (C=O) groups is 1. The summed E-state index contributed by atoms with van der Waals surface area (Å²) in [5, 5.41) is 9.09. The van der Waals surface area contributed by atoms with Crippen LogP contribution in [0.2, 0.25) is 0 Å². The molecule has 0 saturated heterocycles. The normalized spacial score (nSPS) is 11.5. The van der Waals surface area contributed by atoms with Crippen molar-refractivity contribution in [2.45, 2.75) is 20.4 Å². The molecule has 0 amide bonds. The smallest absolute Gasteiger partial charge is 0.337 e. The van der Waals surface area contributed by atoms with Crippen molar-refractivity contribution in [2.75, 3.05) is 12.8 Å². The number of aromatic carboxylic acids is 1. The van der Waals surface area contributed by atoms with Crippen LogP contribution in [0.4, 0.5) is 0 Å². The fourth-order valence-electron chi connectivity index (χ4n) is 1.84. The van der Waals surface area contributed by atoms with Crippen LogP contribution in [-0.4, -0.2) is 36.9 Å². The van der Waals surface area contributed by atoms with Crippen LogP contribution in [0.25, 0.3) is 0 Å². The number of aromatic nitrogens is 1. The molecule has 1 aromatic rings. The van der Waals surface area contributed by atoms with E-state index in [2.05, 4.69) is 4.72 Å². The topological polar surface area (TPSA) is 105 Å². The van der Waals surface area contributed by atoms with Gasteiger partial charge in [-0.25, -0.2) is 17.9 Å². The first kappa shape index (κ1) is 15.4. The van der Waals surface area contributed by atoms with Crippen molar-refractivity contribution in [3.8, 4) is 0 Å². The molecule has 19 heavy (non-hydrogen) atoms. The third-order valence-corrected chi connectivity index (χ3v) is 4.22. The monoisotopic (exact) mass is 288 g/mol. The molecule has 0 spiro atoms. The van der Waals surface area contributed by atoms with E-state index < -0.39 is 21.6 Å². The zero-order valence-electron chi connectivity index (χ0n) is 10.9. The van der Waals surface area contributed by atoms with Gasteiger partial charge in [-0.3, -0.25) is 4.79 Å². The highest BCUT2D eigenvalue weighted by Crippen LogP contribution is 2.11. The number of hydrogen-bond acceptors (Lipinski definition) is 4. The standard InChI is InChI=1S/C11H16N2O5S/c1-7-6-9(14)13(4-5-19(17,18)12-3)8(2)10(7)11(15)16/h6,12H,4-5H2,1-3H3,(H,15,16). The Kier molecular flexibility index (Phi) is 4.48. The van der Waals surface area contributed by atoms with Gasteiger partial charge in [0.05, 0.1) is 11.3 Å². The van der Waals surface area contributed by atoms with Gasteiger partial charge in [-0.15, -0.1) is 0 Å². The lowest BCUT2D eigenvalue weighted by molar-refractivity contribution is 0.0694. The molecule has 2 N–H and O–H groups in total. The van der Waals surface area contributed by atoms with Gasteiger partial charge in [0.15, 0.2) is 0 Å². The molecule has 8 heteroatoms. The summed E-state index contributed by atoms with van der Waals surface area (Å²) in [6.07, 6.45) is 0. The Morgan fingerprint density at radius 3 is 2.47 bits per heavy atom. The molecule has 0 aliphatic rings. The van der Waals surface area contributed by atoms with Gasteiger partial charge in [-0.2, -0.15) is 0 Å². The third kappa shape index (κ3) is 3.42. The SMILES string of the molecule is CNS(=O)(=O)CCn1c(C)c(C(=O)O)c(C)cc1=O. The maximum Gasteiger partial charge on any atom is 0.337 e. The number of nitrogens with one attached hydrogen (secondary N) is 1. The molecular formula is C11H16N2O5S. The lowest BCUT2D eigenvalue weighted by Gasteiger charge is -2.13. The number of nitrogens with zero attached hydrogens (tertiary/aromatic N) is 1.